The summed E-state index contributed by atoms with van der Waals surface area (Å²) in [5.74, 6) is 0. The van der Waals surface area contributed by atoms with Gasteiger partial charge in [-0.25, -0.2) is 8.42 Å². The van der Waals surface area contributed by atoms with Crippen molar-refractivity contribution in [2.24, 2.45) is 0 Å². The summed E-state index contributed by atoms with van der Waals surface area (Å²) in [6.07, 6.45) is 4.28. The molecule has 0 saturated heterocycles. The van der Waals surface area contributed by atoms with Crippen molar-refractivity contribution in [2.75, 3.05) is 12.5 Å². The second-order valence-corrected chi connectivity index (χ2v) is 9.41. The quantitative estimate of drug-likeness (QED) is 0.347. The lowest BCUT2D eigenvalue weighted by atomic mass is 10.2. The highest BCUT2D eigenvalue weighted by molar-refractivity contribution is 8.01. The van der Waals surface area contributed by atoms with E-state index >= 15 is 0 Å². The lowest BCUT2D eigenvalue weighted by Gasteiger charge is -2.05. The van der Waals surface area contributed by atoms with E-state index in [0.29, 0.717) is 0 Å². The molecule has 2 aromatic carbocycles. The number of hydrogen-bond donors (Lipinski definition) is 0. The normalized spacial score (nSPS) is 11.3. The Labute approximate surface area is 167 Å². The van der Waals surface area contributed by atoms with Crippen molar-refractivity contribution in [3.8, 4) is 0 Å². The smallest absolute Gasteiger partial charge is 0.225 e. The number of fused-ring (bicyclic) bond motifs is 1. The van der Waals surface area contributed by atoms with Gasteiger partial charge < -0.3 is 4.55 Å². The Morgan fingerprint density at radius 3 is 2.15 bits per heavy atom. The van der Waals surface area contributed by atoms with E-state index in [2.05, 4.69) is 41.6 Å². The Morgan fingerprint density at radius 1 is 1.08 bits per heavy atom. The van der Waals surface area contributed by atoms with Crippen LogP contribution in [0.1, 0.15) is 12.5 Å². The van der Waals surface area contributed by atoms with Gasteiger partial charge in [0.25, 0.3) is 0 Å². The molecular formula is C18H21NO3S4. The molecule has 0 N–H and O–H groups in total. The predicted octanol–water partition coefficient (Wildman–Crippen LogP) is 4.55. The molecule has 140 valence electrons. The predicted molar refractivity (Wildman–Crippen MR) is 110 cm³/mol. The third-order valence-corrected chi connectivity index (χ3v) is 7.21. The van der Waals surface area contributed by atoms with Crippen LogP contribution in [-0.4, -0.2) is 25.5 Å². The Balaban J connectivity index is 0.000000197. The minimum absolute atomic E-state index is 0.178. The Morgan fingerprint density at radius 2 is 1.65 bits per heavy atom. The summed E-state index contributed by atoms with van der Waals surface area (Å²) in [6.45, 7) is 5.06. The number of thiazole rings is 1. The monoisotopic (exact) mass is 427 g/mol. The van der Waals surface area contributed by atoms with E-state index in [1.165, 1.54) is 32.1 Å². The molecule has 0 aliphatic rings. The van der Waals surface area contributed by atoms with Gasteiger partial charge in [-0.05, 0) is 44.6 Å². The molecule has 26 heavy (non-hydrogen) atoms. The molecule has 3 rings (SSSR count). The maximum Gasteiger partial charge on any atom is 0.225 e. The third-order valence-electron chi connectivity index (χ3n) is 3.73. The molecule has 0 atom stereocenters. The molecule has 0 saturated carbocycles. The molecular weight excluding hydrogens is 406 g/mol. The first kappa shape index (κ1) is 21.2. The maximum absolute atomic E-state index is 10.4. The molecule has 8 heteroatoms. The fourth-order valence-electron chi connectivity index (χ4n) is 2.30. The van der Waals surface area contributed by atoms with Gasteiger partial charge in [0.1, 0.15) is 21.4 Å². The van der Waals surface area contributed by atoms with Crippen LogP contribution in [0.15, 0.2) is 56.6 Å². The zero-order valence-electron chi connectivity index (χ0n) is 15.1. The Kier molecular flexibility index (Phi) is 7.54. The first-order valence-electron chi connectivity index (χ1n) is 7.85. The summed E-state index contributed by atoms with van der Waals surface area (Å²) in [4.78, 5) is 2.60. The van der Waals surface area contributed by atoms with Crippen molar-refractivity contribution in [3.05, 3.63) is 47.5 Å². The van der Waals surface area contributed by atoms with Crippen LogP contribution in [0.4, 0.5) is 0 Å². The zero-order chi connectivity index (χ0) is 19.3. The van der Waals surface area contributed by atoms with Gasteiger partial charge >= 0.3 is 0 Å². The van der Waals surface area contributed by atoms with Crippen LogP contribution in [0, 0.1) is 6.92 Å². The average molecular weight is 428 g/mol. The molecule has 0 spiro atoms. The van der Waals surface area contributed by atoms with E-state index in [1.807, 2.05) is 41.8 Å². The summed E-state index contributed by atoms with van der Waals surface area (Å²) in [6, 6.07) is 10.4. The van der Waals surface area contributed by atoms with Gasteiger partial charge in [-0.1, -0.05) is 29.0 Å². The van der Waals surface area contributed by atoms with Gasteiger partial charge in [0.05, 0.1) is 4.90 Å². The largest absolute Gasteiger partial charge is 0.744 e. The lowest BCUT2D eigenvalue weighted by Crippen LogP contribution is -2.29. The SMILES string of the molecule is CC[n+]1csc2cc(SC)c(SC)cc21.Cc1ccc(S(=O)(=O)[O-])cc1. The van der Waals surface area contributed by atoms with Gasteiger partial charge in [-0.2, -0.15) is 4.57 Å². The Bertz CT molecular complexity index is 980. The highest BCUT2D eigenvalue weighted by Crippen LogP contribution is 2.32. The number of benzene rings is 2. The topological polar surface area (TPSA) is 61.1 Å². The summed E-state index contributed by atoms with van der Waals surface area (Å²) in [5, 5.41) is 0. The van der Waals surface area contributed by atoms with E-state index < -0.39 is 10.1 Å². The number of thioether (sulfide) groups is 2. The molecule has 0 fully saturated rings. The molecule has 1 aromatic heterocycles. The van der Waals surface area contributed by atoms with Crippen LogP contribution >= 0.6 is 34.9 Å². The fraction of sp³-hybridized carbons (Fsp3) is 0.278. The van der Waals surface area contributed by atoms with E-state index in [1.54, 1.807) is 12.1 Å². The van der Waals surface area contributed by atoms with Gasteiger partial charge in [-0.3, -0.25) is 0 Å². The third kappa shape index (κ3) is 5.23. The average Bonchev–Trinajstić information content (AvgIpc) is 3.02. The lowest BCUT2D eigenvalue weighted by molar-refractivity contribution is -0.663. The first-order chi connectivity index (χ1) is 12.3. The second-order valence-electron chi connectivity index (χ2n) is 5.45. The number of hydrogen-bond acceptors (Lipinski definition) is 6. The van der Waals surface area contributed by atoms with Crippen molar-refractivity contribution < 1.29 is 17.5 Å². The zero-order valence-corrected chi connectivity index (χ0v) is 18.3. The van der Waals surface area contributed by atoms with Gasteiger partial charge in [0.15, 0.2) is 0 Å². The van der Waals surface area contributed by atoms with Crippen LogP contribution in [0.3, 0.4) is 0 Å². The van der Waals surface area contributed by atoms with Crippen molar-refractivity contribution in [2.45, 2.75) is 35.1 Å². The number of aryl methyl sites for hydroxylation is 2. The molecule has 3 aromatic rings. The highest BCUT2D eigenvalue weighted by Gasteiger charge is 2.13. The molecule has 0 bridgehead atoms. The van der Waals surface area contributed by atoms with E-state index in [9.17, 15) is 13.0 Å². The van der Waals surface area contributed by atoms with Gasteiger partial charge in [0, 0.05) is 15.9 Å². The molecule has 1 heterocycles. The summed E-state index contributed by atoms with van der Waals surface area (Å²) in [7, 11) is -4.27. The van der Waals surface area contributed by atoms with Crippen LogP contribution in [0.25, 0.3) is 10.2 Å². The summed E-state index contributed by atoms with van der Waals surface area (Å²) >= 11 is 5.48. The molecule has 0 aliphatic carbocycles. The highest BCUT2D eigenvalue weighted by atomic mass is 32.2. The molecule has 0 radical (unpaired) electrons. The van der Waals surface area contributed by atoms with Crippen molar-refractivity contribution in [1.82, 2.24) is 0 Å². The second kappa shape index (κ2) is 9.23. The van der Waals surface area contributed by atoms with Gasteiger partial charge in [-0.15, -0.1) is 23.5 Å². The number of nitrogens with zero attached hydrogens (tertiary/aromatic N) is 1. The molecule has 0 unspecified atom stereocenters. The van der Waals surface area contributed by atoms with Crippen LogP contribution in [-0.2, 0) is 16.7 Å². The number of rotatable bonds is 4. The van der Waals surface area contributed by atoms with Gasteiger partial charge in [0.2, 0.25) is 11.0 Å². The van der Waals surface area contributed by atoms with Crippen LogP contribution < -0.4 is 4.57 Å². The van der Waals surface area contributed by atoms with Crippen LogP contribution in [0.5, 0.6) is 0 Å². The maximum atomic E-state index is 10.4. The molecule has 0 aliphatic heterocycles. The van der Waals surface area contributed by atoms with E-state index in [0.717, 1.165) is 12.1 Å². The first-order valence-corrected chi connectivity index (χ1v) is 12.6. The summed E-state index contributed by atoms with van der Waals surface area (Å²) in [5.41, 5.74) is 4.50. The Hall–Kier alpha value is -1.06. The summed E-state index contributed by atoms with van der Waals surface area (Å²) < 4.78 is 34.9. The standard InChI is InChI=1S/C11H14NS3.C7H8O3S/c1-4-12-7-15-9-6-11(14-3)10(13-2)5-8(9)12;1-6-2-4-7(5-3-6)11(8,9)10/h5-7H,4H2,1-3H3;2-5H,1H3,(H,8,9,10)/q+1;/p-1. The fourth-order valence-corrected chi connectivity index (χ4v) is 5.31. The van der Waals surface area contributed by atoms with Crippen molar-refractivity contribution in [1.29, 1.82) is 0 Å². The van der Waals surface area contributed by atoms with E-state index in [4.69, 9.17) is 0 Å². The minimum Gasteiger partial charge on any atom is -0.744 e. The molecule has 0 amide bonds. The van der Waals surface area contributed by atoms with Crippen LogP contribution in [0.2, 0.25) is 0 Å². The van der Waals surface area contributed by atoms with Crippen molar-refractivity contribution >= 4 is 55.2 Å². The van der Waals surface area contributed by atoms with Crippen molar-refractivity contribution in [3.63, 3.8) is 0 Å². The molecule has 4 nitrogen and oxygen atoms in total. The minimum atomic E-state index is -4.27. The number of aromatic nitrogens is 1. The van der Waals surface area contributed by atoms with E-state index in [-0.39, 0.29) is 4.90 Å².